The number of ether oxygens (including phenoxy) is 3. The van der Waals surface area contributed by atoms with Crippen LogP contribution in [-0.4, -0.2) is 123 Å². The highest BCUT2D eigenvalue weighted by Gasteiger charge is 2.44. The van der Waals surface area contributed by atoms with Gasteiger partial charge in [-0.3, -0.25) is 15.0 Å². The summed E-state index contributed by atoms with van der Waals surface area (Å²) in [7, 11) is -7.84. The molecule has 0 spiro atoms. The zero-order chi connectivity index (χ0) is 57.4. The molecule has 79 heavy (non-hydrogen) atoms. The third-order valence-corrected chi connectivity index (χ3v) is 17.8. The predicted molar refractivity (Wildman–Crippen MR) is 306 cm³/mol. The molecule has 0 radical (unpaired) electrons. The number of aliphatic hydroxyl groups excluding tert-OH is 1. The second kappa shape index (κ2) is 28.6. The third-order valence-electron chi connectivity index (χ3n) is 14.1. The average Bonchev–Trinajstić information content (AvgIpc) is 4.05. The van der Waals surface area contributed by atoms with Gasteiger partial charge in [0.2, 0.25) is 20.0 Å². The van der Waals surface area contributed by atoms with Crippen molar-refractivity contribution in [3.8, 4) is 0 Å². The van der Waals surface area contributed by atoms with Crippen LogP contribution in [0.4, 0.5) is 16.2 Å². The molecule has 18 nitrogen and oxygen atoms in total. The van der Waals surface area contributed by atoms with Crippen LogP contribution in [0.1, 0.15) is 77.5 Å². The van der Waals surface area contributed by atoms with Gasteiger partial charge in [0.05, 0.1) is 46.0 Å². The van der Waals surface area contributed by atoms with Crippen molar-refractivity contribution >= 4 is 37.5 Å². The SMILES string of the molecule is CC(C)(CCN)CN(CC(O)[C@H](Cc1ccccc1)NC(=O)OC1COC2OCCC12)S(=O)(=O)c1ccc(N)cc1.CC(C)CN(CC(C)(C)CCN(Cc1ccccc1)Cc1ccccc1)S(=O)(=O)c1ccc([N+](=O)[O-])cc1. The van der Waals surface area contributed by atoms with Crippen molar-refractivity contribution in [2.24, 2.45) is 28.4 Å². The van der Waals surface area contributed by atoms with Crippen LogP contribution in [0.25, 0.3) is 0 Å². The fourth-order valence-electron chi connectivity index (χ4n) is 9.80. The van der Waals surface area contributed by atoms with Gasteiger partial charge < -0.3 is 36.1 Å². The summed E-state index contributed by atoms with van der Waals surface area (Å²) in [5, 5.41) is 25.3. The molecule has 5 aromatic carbocycles. The van der Waals surface area contributed by atoms with E-state index in [1.54, 1.807) is 0 Å². The van der Waals surface area contributed by atoms with Gasteiger partial charge in [0.15, 0.2) is 6.29 Å². The molecule has 2 fully saturated rings. The summed E-state index contributed by atoms with van der Waals surface area (Å²) in [5.41, 5.74) is 14.5. The summed E-state index contributed by atoms with van der Waals surface area (Å²) in [6.45, 7) is 16.2. The number of hydrogen-bond acceptors (Lipinski definition) is 14. The van der Waals surface area contributed by atoms with Crippen LogP contribution in [0.3, 0.4) is 0 Å². The van der Waals surface area contributed by atoms with Crippen LogP contribution < -0.4 is 16.8 Å². The van der Waals surface area contributed by atoms with Crippen molar-refractivity contribution in [2.75, 3.05) is 58.2 Å². The Kier molecular flexibility index (Phi) is 22.6. The van der Waals surface area contributed by atoms with E-state index in [2.05, 4.69) is 48.3 Å². The van der Waals surface area contributed by atoms with Crippen molar-refractivity contribution in [2.45, 2.75) is 115 Å². The van der Waals surface area contributed by atoms with Crippen LogP contribution in [0.15, 0.2) is 149 Å². The first-order chi connectivity index (χ1) is 37.4. The number of sulfonamides is 2. The summed E-state index contributed by atoms with van der Waals surface area (Å²) in [4.78, 5) is 26.1. The van der Waals surface area contributed by atoms with Crippen LogP contribution in [-0.2, 0) is 53.8 Å². The molecule has 6 N–H and O–H groups in total. The monoisotopic (exact) mass is 1130 g/mol. The van der Waals surface area contributed by atoms with E-state index in [1.165, 1.54) is 68.3 Å². The number of benzene rings is 5. The normalized spacial score (nSPS) is 17.5. The number of nitrogens with zero attached hydrogens (tertiary/aromatic N) is 4. The Morgan fingerprint density at radius 1 is 0.747 bits per heavy atom. The quantitative estimate of drug-likeness (QED) is 0.0219. The maximum absolute atomic E-state index is 13.8. The van der Waals surface area contributed by atoms with Gasteiger partial charge in [0.1, 0.15) is 6.10 Å². The Labute approximate surface area is 467 Å². The first-order valence-corrected chi connectivity index (χ1v) is 29.9. The van der Waals surface area contributed by atoms with Crippen LogP contribution in [0, 0.1) is 32.8 Å². The number of carbonyl (C=O) groups is 1. The summed E-state index contributed by atoms with van der Waals surface area (Å²) < 4.78 is 74.4. The first-order valence-electron chi connectivity index (χ1n) is 27.0. The smallest absolute Gasteiger partial charge is 0.407 e. The van der Waals surface area contributed by atoms with Crippen molar-refractivity contribution in [1.29, 1.82) is 0 Å². The summed E-state index contributed by atoms with van der Waals surface area (Å²) >= 11 is 0. The van der Waals surface area contributed by atoms with Gasteiger partial charge in [-0.15, -0.1) is 0 Å². The Hall–Kier alpha value is -5.81. The molecular weight excluding hydrogens is 1050 g/mol. The van der Waals surface area contributed by atoms with E-state index >= 15 is 0 Å². The van der Waals surface area contributed by atoms with Gasteiger partial charge in [-0.1, -0.05) is 133 Å². The second-order valence-corrected chi connectivity index (χ2v) is 26.5. The molecule has 2 heterocycles. The lowest BCUT2D eigenvalue weighted by atomic mass is 9.88. The number of rotatable bonds is 27. The molecule has 2 saturated heterocycles. The molecule has 2 aliphatic heterocycles. The largest absolute Gasteiger partial charge is 0.443 e. The first kappa shape index (κ1) is 62.4. The lowest BCUT2D eigenvalue weighted by Crippen LogP contribution is -2.52. The van der Waals surface area contributed by atoms with E-state index in [0.29, 0.717) is 38.3 Å². The molecule has 0 aromatic heterocycles. The molecule has 0 bridgehead atoms. The van der Waals surface area contributed by atoms with E-state index < -0.39 is 54.7 Å². The van der Waals surface area contributed by atoms with E-state index in [1.807, 2.05) is 94.4 Å². The van der Waals surface area contributed by atoms with Crippen molar-refractivity contribution in [1.82, 2.24) is 18.8 Å². The number of non-ortho nitro benzene ring substituents is 1. The molecule has 5 atom stereocenters. The van der Waals surface area contributed by atoms with Gasteiger partial charge in [-0.25, -0.2) is 21.6 Å². The predicted octanol–water partition coefficient (Wildman–Crippen LogP) is 8.45. The standard InChI is InChI=1S/C30H39N3O4S.C29H42N4O7S/c1-25(2)21-32(38(36,37)29-17-15-28(16-18-29)33(34)35)24-30(3,4)19-20-31(22-26-11-7-5-8-12-26)23-27-13-9-6-10-14-27;1-29(2,13-14-30)19-33(41(36,37)22-10-8-21(31)9-11-22)17-25(34)24(16-20-6-4-3-5-7-20)32-28(35)40-26-18-39-27-23(26)12-15-38-27/h5-18,25H,19-24H2,1-4H3;3-11,23-27,34H,12-19,30-31H2,1-2H3,(H,32,35)/t;23?,24-,25?,26?,27?/m.0/s1. The van der Waals surface area contributed by atoms with Gasteiger partial charge in [0, 0.05) is 57.1 Å². The summed E-state index contributed by atoms with van der Waals surface area (Å²) in [5.74, 6) is 0.0925. The number of carbonyl (C=O) groups excluding carboxylic acids is 1. The molecule has 20 heteroatoms. The minimum absolute atomic E-state index is 0.0384. The number of aliphatic hydroxyl groups is 1. The van der Waals surface area contributed by atoms with Crippen LogP contribution in [0.2, 0.25) is 0 Å². The average molecular weight is 1130 g/mol. The highest BCUT2D eigenvalue weighted by atomic mass is 32.2. The lowest BCUT2D eigenvalue weighted by molar-refractivity contribution is -0.384. The van der Waals surface area contributed by atoms with Crippen molar-refractivity contribution in [3.05, 3.63) is 166 Å². The number of alkyl carbamates (subject to hydrolysis) is 1. The summed E-state index contributed by atoms with van der Waals surface area (Å²) in [6, 6.07) is 40.3. The minimum Gasteiger partial charge on any atom is -0.443 e. The number of nitro benzene ring substituents is 1. The number of hydrogen-bond donors (Lipinski definition) is 4. The maximum atomic E-state index is 13.8. The topological polar surface area (TPSA) is 250 Å². The maximum Gasteiger partial charge on any atom is 0.407 e. The molecule has 4 unspecified atom stereocenters. The van der Waals surface area contributed by atoms with Gasteiger partial charge in [0.25, 0.3) is 5.69 Å². The van der Waals surface area contributed by atoms with Crippen molar-refractivity contribution in [3.63, 3.8) is 0 Å². The van der Waals surface area contributed by atoms with Crippen LogP contribution >= 0.6 is 0 Å². The van der Waals surface area contributed by atoms with Crippen LogP contribution in [0.5, 0.6) is 0 Å². The van der Waals surface area contributed by atoms with Gasteiger partial charge in [-0.2, -0.15) is 8.61 Å². The van der Waals surface area contributed by atoms with E-state index in [9.17, 15) is 36.9 Å². The second-order valence-electron chi connectivity index (χ2n) is 22.6. The molecule has 0 saturated carbocycles. The Morgan fingerprint density at radius 3 is 1.75 bits per heavy atom. The molecule has 7 rings (SSSR count). The number of nitrogens with two attached hydrogens (primary N) is 2. The number of nitrogen functional groups attached to an aromatic ring is 1. The Bertz CT molecular complexity index is 2860. The lowest BCUT2D eigenvalue weighted by Gasteiger charge is -2.35. The fourth-order valence-corrected chi connectivity index (χ4v) is 13.2. The highest BCUT2D eigenvalue weighted by molar-refractivity contribution is 7.89. The minimum atomic E-state index is -4.03. The molecule has 5 aromatic rings. The van der Waals surface area contributed by atoms with E-state index in [-0.39, 0.29) is 65.1 Å². The van der Waals surface area contributed by atoms with Gasteiger partial charge in [-0.05, 0) is 109 Å². The van der Waals surface area contributed by atoms with E-state index in [4.69, 9.17) is 25.7 Å². The zero-order valence-corrected chi connectivity index (χ0v) is 48.1. The van der Waals surface area contributed by atoms with E-state index in [0.717, 1.165) is 38.0 Å². The fraction of sp³-hybridized carbons (Fsp3) is 0.475. The molecule has 1 amide bonds. The molecule has 430 valence electrons. The summed E-state index contributed by atoms with van der Waals surface area (Å²) in [6.07, 6.45) is -0.435. The van der Waals surface area contributed by atoms with Gasteiger partial charge >= 0.3 is 6.09 Å². The Morgan fingerprint density at radius 2 is 1.24 bits per heavy atom. The Balaban J connectivity index is 0.000000256. The molecular formula is C59H81N7O11S2. The highest BCUT2D eigenvalue weighted by Crippen LogP contribution is 2.34. The third kappa shape index (κ3) is 18.9. The number of nitro groups is 1. The number of amides is 1. The molecule has 2 aliphatic rings. The number of anilines is 1. The molecule has 0 aliphatic carbocycles. The number of fused-ring (bicyclic) bond motifs is 1. The zero-order valence-electron chi connectivity index (χ0n) is 46.4. The number of nitrogens with one attached hydrogen (secondary N) is 1. The van der Waals surface area contributed by atoms with Crippen molar-refractivity contribution < 1.29 is 45.9 Å².